The van der Waals surface area contributed by atoms with Crippen LogP contribution in [0, 0.1) is 5.92 Å². The van der Waals surface area contributed by atoms with Gasteiger partial charge in [0, 0.05) is 13.1 Å². The van der Waals surface area contributed by atoms with Gasteiger partial charge in [-0.2, -0.15) is 0 Å². The molecule has 136 valence electrons. The normalized spacial score (nSPS) is 19.8. The molecule has 0 bridgehead atoms. The molecule has 0 aromatic heterocycles. The number of rotatable bonds is 7. The molecular formula is C17H22ClN3O4. The van der Waals surface area contributed by atoms with Crippen LogP contribution in [-0.2, 0) is 9.59 Å². The molecule has 1 aliphatic heterocycles. The third-order valence-electron chi connectivity index (χ3n) is 4.15. The van der Waals surface area contributed by atoms with Gasteiger partial charge < -0.3 is 20.6 Å². The lowest BCUT2D eigenvalue weighted by atomic mass is 10.0. The Morgan fingerprint density at radius 3 is 2.68 bits per heavy atom. The fraction of sp³-hybridized carbons (Fsp3) is 0.471. The first-order valence-electron chi connectivity index (χ1n) is 8.27. The van der Waals surface area contributed by atoms with Crippen LogP contribution in [0.5, 0.6) is 0 Å². The number of urea groups is 1. The van der Waals surface area contributed by atoms with Crippen molar-refractivity contribution in [1.29, 1.82) is 0 Å². The number of likely N-dealkylation sites (tertiary alicyclic amines) is 1. The Kier molecular flexibility index (Phi) is 6.64. The van der Waals surface area contributed by atoms with Gasteiger partial charge in [0.25, 0.3) is 0 Å². The molecule has 1 heterocycles. The number of carboxylic acids is 1. The Balaban J connectivity index is 2.02. The van der Waals surface area contributed by atoms with E-state index < -0.39 is 24.0 Å². The highest BCUT2D eigenvalue weighted by Crippen LogP contribution is 2.22. The average Bonchev–Trinajstić information content (AvgIpc) is 2.87. The maximum atomic E-state index is 12.5. The lowest BCUT2D eigenvalue weighted by Crippen LogP contribution is -2.47. The van der Waals surface area contributed by atoms with Crippen LogP contribution >= 0.6 is 11.6 Å². The molecule has 2 rings (SSSR count). The molecule has 1 aromatic carbocycles. The zero-order valence-corrected chi connectivity index (χ0v) is 14.8. The van der Waals surface area contributed by atoms with E-state index in [0.29, 0.717) is 17.3 Å². The second-order valence-corrected chi connectivity index (χ2v) is 6.40. The number of halogens is 1. The fourth-order valence-corrected chi connectivity index (χ4v) is 2.98. The highest BCUT2D eigenvalue weighted by molar-refractivity contribution is 6.33. The van der Waals surface area contributed by atoms with E-state index in [1.165, 1.54) is 4.90 Å². The number of nitrogens with one attached hydrogen (secondary N) is 2. The van der Waals surface area contributed by atoms with Gasteiger partial charge in [-0.3, -0.25) is 9.59 Å². The number of benzene rings is 1. The van der Waals surface area contributed by atoms with Gasteiger partial charge in [-0.15, -0.1) is 0 Å². The molecule has 8 heteroatoms. The van der Waals surface area contributed by atoms with Crippen LogP contribution in [0.25, 0.3) is 0 Å². The zero-order chi connectivity index (χ0) is 18.4. The minimum atomic E-state index is -1.10. The van der Waals surface area contributed by atoms with Crippen molar-refractivity contribution in [1.82, 2.24) is 10.2 Å². The summed E-state index contributed by atoms with van der Waals surface area (Å²) in [5.41, 5.74) is 0.388. The third-order valence-corrected chi connectivity index (χ3v) is 4.48. The second kappa shape index (κ2) is 8.71. The van der Waals surface area contributed by atoms with Crippen molar-refractivity contribution >= 4 is 35.2 Å². The van der Waals surface area contributed by atoms with Crippen LogP contribution in [-0.4, -0.2) is 47.0 Å². The molecule has 0 aliphatic carbocycles. The standard InChI is InChI=1S/C17H22ClN3O4/c1-2-3-6-9-21-10-11(16(23)24)14(15(21)22)20-17(25)19-13-8-5-4-7-12(13)18/h4-5,7-8,11,14H,2-3,6,9-10H2,1H3,(H,23,24)(H2,19,20,25)/t11-,14-/m0/s1. The summed E-state index contributed by atoms with van der Waals surface area (Å²) in [4.78, 5) is 37.6. The van der Waals surface area contributed by atoms with Gasteiger partial charge in [-0.25, -0.2) is 4.79 Å². The molecule has 1 aliphatic rings. The number of carbonyl (C=O) groups is 3. The molecule has 0 radical (unpaired) electrons. The van der Waals surface area contributed by atoms with Gasteiger partial charge in [-0.05, 0) is 18.6 Å². The van der Waals surface area contributed by atoms with Crippen molar-refractivity contribution in [2.24, 2.45) is 5.92 Å². The van der Waals surface area contributed by atoms with E-state index in [-0.39, 0.29) is 12.5 Å². The summed E-state index contributed by atoms with van der Waals surface area (Å²) in [7, 11) is 0. The van der Waals surface area contributed by atoms with Crippen LogP contribution < -0.4 is 10.6 Å². The Hall–Kier alpha value is -2.28. The van der Waals surface area contributed by atoms with Gasteiger partial charge in [0.2, 0.25) is 5.91 Å². The minimum Gasteiger partial charge on any atom is -0.481 e. The summed E-state index contributed by atoms with van der Waals surface area (Å²) in [5.74, 6) is -2.43. The highest BCUT2D eigenvalue weighted by Gasteiger charge is 2.45. The molecule has 1 fully saturated rings. The predicted octanol–water partition coefficient (Wildman–Crippen LogP) is 2.56. The van der Waals surface area contributed by atoms with E-state index in [9.17, 15) is 19.5 Å². The second-order valence-electron chi connectivity index (χ2n) is 5.99. The first-order chi connectivity index (χ1) is 11.9. The van der Waals surface area contributed by atoms with Crippen LogP contribution in [0.4, 0.5) is 10.5 Å². The number of hydrogen-bond donors (Lipinski definition) is 3. The predicted molar refractivity (Wildman–Crippen MR) is 94.6 cm³/mol. The maximum Gasteiger partial charge on any atom is 0.319 e. The molecule has 0 unspecified atom stereocenters. The number of amides is 3. The molecule has 0 spiro atoms. The average molecular weight is 368 g/mol. The van der Waals surface area contributed by atoms with Gasteiger partial charge in [0.15, 0.2) is 0 Å². The molecule has 1 saturated heterocycles. The maximum absolute atomic E-state index is 12.5. The third kappa shape index (κ3) is 4.85. The van der Waals surface area contributed by atoms with Crippen molar-refractivity contribution in [3.8, 4) is 0 Å². The number of carboxylic acid groups (broad SMARTS) is 1. The number of unbranched alkanes of at least 4 members (excludes halogenated alkanes) is 2. The summed E-state index contributed by atoms with van der Waals surface area (Å²) < 4.78 is 0. The van der Waals surface area contributed by atoms with Crippen molar-refractivity contribution in [2.45, 2.75) is 32.2 Å². The monoisotopic (exact) mass is 367 g/mol. The van der Waals surface area contributed by atoms with E-state index >= 15 is 0 Å². The summed E-state index contributed by atoms with van der Waals surface area (Å²) in [6.07, 6.45) is 2.78. The molecule has 0 saturated carbocycles. The summed E-state index contributed by atoms with van der Waals surface area (Å²) in [6.45, 7) is 2.66. The van der Waals surface area contributed by atoms with Crippen LogP contribution in [0.3, 0.4) is 0 Å². The van der Waals surface area contributed by atoms with Gasteiger partial charge >= 0.3 is 12.0 Å². The van der Waals surface area contributed by atoms with Crippen molar-refractivity contribution in [2.75, 3.05) is 18.4 Å². The zero-order valence-electron chi connectivity index (χ0n) is 14.0. The largest absolute Gasteiger partial charge is 0.481 e. The first kappa shape index (κ1) is 19.1. The molecule has 25 heavy (non-hydrogen) atoms. The molecule has 3 N–H and O–H groups in total. The fourth-order valence-electron chi connectivity index (χ4n) is 2.80. The SMILES string of the molecule is CCCCCN1C[C@H](C(=O)O)[C@H](NC(=O)Nc2ccccc2Cl)C1=O. The van der Waals surface area contributed by atoms with Gasteiger partial charge in [0.1, 0.15) is 12.0 Å². The molecule has 3 amide bonds. The van der Waals surface area contributed by atoms with Crippen LogP contribution in [0.15, 0.2) is 24.3 Å². The Labute approximate surface area is 151 Å². The topological polar surface area (TPSA) is 98.7 Å². The van der Waals surface area contributed by atoms with E-state index in [1.54, 1.807) is 24.3 Å². The van der Waals surface area contributed by atoms with Crippen molar-refractivity contribution in [3.63, 3.8) is 0 Å². The smallest absolute Gasteiger partial charge is 0.319 e. The number of aliphatic carboxylic acids is 1. The summed E-state index contributed by atoms with van der Waals surface area (Å²) in [6, 6.07) is 4.92. The number of nitrogens with zero attached hydrogens (tertiary/aromatic N) is 1. The summed E-state index contributed by atoms with van der Waals surface area (Å²) in [5, 5.41) is 14.7. The van der Waals surface area contributed by atoms with E-state index in [4.69, 9.17) is 11.6 Å². The molecule has 7 nitrogen and oxygen atoms in total. The van der Waals surface area contributed by atoms with Crippen molar-refractivity contribution in [3.05, 3.63) is 29.3 Å². The summed E-state index contributed by atoms with van der Waals surface area (Å²) >= 11 is 5.98. The Morgan fingerprint density at radius 1 is 1.32 bits per heavy atom. The number of para-hydroxylation sites is 1. The van der Waals surface area contributed by atoms with Crippen LogP contribution in [0.2, 0.25) is 5.02 Å². The number of anilines is 1. The lowest BCUT2D eigenvalue weighted by Gasteiger charge is -2.17. The van der Waals surface area contributed by atoms with Gasteiger partial charge in [0.05, 0.1) is 10.7 Å². The Bertz CT molecular complexity index is 653. The lowest BCUT2D eigenvalue weighted by molar-refractivity contribution is -0.142. The first-order valence-corrected chi connectivity index (χ1v) is 8.65. The number of carbonyl (C=O) groups excluding carboxylic acids is 2. The van der Waals surface area contributed by atoms with Gasteiger partial charge in [-0.1, -0.05) is 43.5 Å². The molecule has 2 atom stereocenters. The van der Waals surface area contributed by atoms with Crippen molar-refractivity contribution < 1.29 is 19.5 Å². The van der Waals surface area contributed by atoms with E-state index in [2.05, 4.69) is 17.6 Å². The van der Waals surface area contributed by atoms with Crippen LogP contribution in [0.1, 0.15) is 26.2 Å². The van der Waals surface area contributed by atoms with E-state index in [1.807, 2.05) is 0 Å². The Morgan fingerprint density at radius 2 is 2.04 bits per heavy atom. The minimum absolute atomic E-state index is 0.106. The highest BCUT2D eigenvalue weighted by atomic mass is 35.5. The number of hydrogen-bond acceptors (Lipinski definition) is 3. The molecular weight excluding hydrogens is 346 g/mol. The quantitative estimate of drug-likeness (QED) is 0.645. The molecule has 1 aromatic rings. The van der Waals surface area contributed by atoms with E-state index in [0.717, 1.165) is 19.3 Å².